The van der Waals surface area contributed by atoms with Crippen LogP contribution in [0, 0.1) is 5.92 Å². The lowest BCUT2D eigenvalue weighted by atomic mass is 10.2. The maximum absolute atomic E-state index is 11.9. The summed E-state index contributed by atoms with van der Waals surface area (Å²) in [6.45, 7) is 6.08. The molecule has 0 saturated carbocycles. The van der Waals surface area contributed by atoms with Crippen LogP contribution in [0.5, 0.6) is 0 Å². The Morgan fingerprint density at radius 1 is 1.67 bits per heavy atom. The van der Waals surface area contributed by atoms with E-state index in [1.54, 1.807) is 11.1 Å². The number of hydrogen-bond acceptors (Lipinski definition) is 3. The average Bonchev–Trinajstić information content (AvgIpc) is 2.87. The molecular formula is C12H20N4O2. The van der Waals surface area contributed by atoms with Gasteiger partial charge in [-0.05, 0) is 12.3 Å². The molecule has 0 bridgehead atoms. The molecular weight excluding hydrogens is 232 g/mol. The summed E-state index contributed by atoms with van der Waals surface area (Å²) >= 11 is 0. The molecule has 1 aliphatic heterocycles. The van der Waals surface area contributed by atoms with Crippen LogP contribution in [-0.2, 0) is 6.54 Å². The quantitative estimate of drug-likeness (QED) is 0.847. The fourth-order valence-electron chi connectivity index (χ4n) is 2.03. The Labute approximate surface area is 107 Å². The van der Waals surface area contributed by atoms with Crippen molar-refractivity contribution in [3.05, 3.63) is 12.4 Å². The van der Waals surface area contributed by atoms with Gasteiger partial charge in [0.25, 0.3) is 0 Å². The number of carbonyl (C=O) groups excluding carboxylic acids is 1. The van der Waals surface area contributed by atoms with Crippen LogP contribution in [0.15, 0.2) is 12.4 Å². The lowest BCUT2D eigenvalue weighted by Crippen LogP contribution is -2.33. The first-order valence-corrected chi connectivity index (χ1v) is 6.31. The number of β-amino-alcohol motifs (C(OH)–C–C–N with tert-alkyl or cyclic N) is 1. The summed E-state index contributed by atoms with van der Waals surface area (Å²) in [6, 6.07) is -0.171. The molecule has 1 aromatic heterocycles. The third-order valence-corrected chi connectivity index (χ3v) is 2.89. The lowest BCUT2D eigenvalue weighted by Gasteiger charge is -2.15. The number of carbonyl (C=O) groups is 1. The summed E-state index contributed by atoms with van der Waals surface area (Å²) in [4.78, 5) is 13.5. The minimum Gasteiger partial charge on any atom is -0.391 e. The van der Waals surface area contributed by atoms with E-state index in [0.717, 1.165) is 6.54 Å². The monoisotopic (exact) mass is 252 g/mol. The zero-order chi connectivity index (χ0) is 13.1. The first-order valence-electron chi connectivity index (χ1n) is 6.31. The van der Waals surface area contributed by atoms with Crippen LogP contribution in [0.3, 0.4) is 0 Å². The predicted octanol–water partition coefficient (Wildman–Crippen LogP) is 1.14. The van der Waals surface area contributed by atoms with Crippen LogP contribution in [-0.4, -0.2) is 45.0 Å². The van der Waals surface area contributed by atoms with E-state index in [9.17, 15) is 9.90 Å². The van der Waals surface area contributed by atoms with Crippen molar-refractivity contribution in [2.45, 2.75) is 32.9 Å². The molecule has 0 aromatic carbocycles. The average molecular weight is 252 g/mol. The molecule has 6 nitrogen and oxygen atoms in total. The van der Waals surface area contributed by atoms with Crippen molar-refractivity contribution in [3.63, 3.8) is 0 Å². The Morgan fingerprint density at radius 3 is 3.06 bits per heavy atom. The van der Waals surface area contributed by atoms with Gasteiger partial charge < -0.3 is 15.3 Å². The second kappa shape index (κ2) is 5.39. The zero-order valence-electron chi connectivity index (χ0n) is 10.8. The van der Waals surface area contributed by atoms with Crippen molar-refractivity contribution >= 4 is 11.7 Å². The third-order valence-electron chi connectivity index (χ3n) is 2.89. The predicted molar refractivity (Wildman–Crippen MR) is 68.3 cm³/mol. The maximum atomic E-state index is 11.9. The van der Waals surface area contributed by atoms with Crippen molar-refractivity contribution in [1.29, 1.82) is 0 Å². The molecule has 100 valence electrons. The molecule has 2 heterocycles. The molecule has 1 aromatic rings. The normalized spacial score (nSPS) is 19.6. The number of aliphatic hydroxyl groups excluding tert-OH is 1. The highest BCUT2D eigenvalue weighted by atomic mass is 16.3. The molecule has 2 N–H and O–H groups in total. The van der Waals surface area contributed by atoms with Crippen molar-refractivity contribution in [2.24, 2.45) is 5.92 Å². The van der Waals surface area contributed by atoms with Gasteiger partial charge in [-0.25, -0.2) is 4.79 Å². The van der Waals surface area contributed by atoms with Crippen LogP contribution >= 0.6 is 0 Å². The van der Waals surface area contributed by atoms with Crippen molar-refractivity contribution in [3.8, 4) is 0 Å². The molecule has 18 heavy (non-hydrogen) atoms. The van der Waals surface area contributed by atoms with Crippen LogP contribution in [0.2, 0.25) is 0 Å². The van der Waals surface area contributed by atoms with E-state index >= 15 is 0 Å². The van der Waals surface area contributed by atoms with Crippen LogP contribution < -0.4 is 5.32 Å². The van der Waals surface area contributed by atoms with Gasteiger partial charge in [-0.2, -0.15) is 5.10 Å². The molecule has 2 amide bonds. The summed E-state index contributed by atoms with van der Waals surface area (Å²) in [5, 5.41) is 16.4. The number of nitrogens with zero attached hydrogens (tertiary/aromatic N) is 3. The van der Waals surface area contributed by atoms with E-state index in [2.05, 4.69) is 24.3 Å². The molecule has 1 fully saturated rings. The smallest absolute Gasteiger partial charge is 0.322 e. The summed E-state index contributed by atoms with van der Waals surface area (Å²) in [5.74, 6) is 0.516. The topological polar surface area (TPSA) is 70.4 Å². The van der Waals surface area contributed by atoms with Gasteiger partial charge in [0, 0.05) is 25.8 Å². The molecule has 0 spiro atoms. The van der Waals surface area contributed by atoms with Gasteiger partial charge in [0.15, 0.2) is 0 Å². The third kappa shape index (κ3) is 3.22. The molecule has 2 rings (SSSR count). The molecule has 0 radical (unpaired) electrons. The lowest BCUT2D eigenvalue weighted by molar-refractivity contribution is 0.176. The Hall–Kier alpha value is -1.56. The van der Waals surface area contributed by atoms with E-state index < -0.39 is 0 Å². The van der Waals surface area contributed by atoms with Gasteiger partial charge in [0.1, 0.15) is 0 Å². The summed E-state index contributed by atoms with van der Waals surface area (Å²) in [5.41, 5.74) is 0.696. The number of anilines is 1. The Balaban J connectivity index is 1.89. The number of aromatic nitrogens is 2. The standard InChI is InChI=1S/C12H20N4O2/c1-9(2)6-16-7-10(5-13-16)14-12(18)15-4-3-11(17)8-15/h5,7,9,11,17H,3-4,6,8H2,1-2H3,(H,14,18). The fourth-order valence-corrected chi connectivity index (χ4v) is 2.03. The number of urea groups is 1. The molecule has 1 atom stereocenters. The highest BCUT2D eigenvalue weighted by Crippen LogP contribution is 2.12. The number of rotatable bonds is 3. The SMILES string of the molecule is CC(C)Cn1cc(NC(=O)N2CCC(O)C2)cn1. The van der Waals surface area contributed by atoms with Crippen molar-refractivity contribution in [1.82, 2.24) is 14.7 Å². The van der Waals surface area contributed by atoms with Gasteiger partial charge in [-0.1, -0.05) is 13.8 Å². The Morgan fingerprint density at radius 2 is 2.44 bits per heavy atom. The number of hydrogen-bond donors (Lipinski definition) is 2. The van der Waals surface area contributed by atoms with E-state index in [-0.39, 0.29) is 12.1 Å². The van der Waals surface area contributed by atoms with Crippen LogP contribution in [0.4, 0.5) is 10.5 Å². The first-order chi connectivity index (χ1) is 8.54. The largest absolute Gasteiger partial charge is 0.391 e. The van der Waals surface area contributed by atoms with Crippen LogP contribution in [0.25, 0.3) is 0 Å². The molecule has 1 aliphatic rings. The van der Waals surface area contributed by atoms with Gasteiger partial charge in [0.2, 0.25) is 0 Å². The number of aliphatic hydroxyl groups is 1. The van der Waals surface area contributed by atoms with E-state index in [0.29, 0.717) is 31.1 Å². The van der Waals surface area contributed by atoms with E-state index in [4.69, 9.17) is 0 Å². The maximum Gasteiger partial charge on any atom is 0.322 e. The number of nitrogens with one attached hydrogen (secondary N) is 1. The Kier molecular flexibility index (Phi) is 3.86. The van der Waals surface area contributed by atoms with Gasteiger partial charge in [-0.15, -0.1) is 0 Å². The highest BCUT2D eigenvalue weighted by molar-refractivity contribution is 5.89. The second-order valence-electron chi connectivity index (χ2n) is 5.16. The van der Waals surface area contributed by atoms with Crippen LogP contribution in [0.1, 0.15) is 20.3 Å². The second-order valence-corrected chi connectivity index (χ2v) is 5.16. The fraction of sp³-hybridized carbons (Fsp3) is 0.667. The van der Waals surface area contributed by atoms with Gasteiger partial charge in [-0.3, -0.25) is 4.68 Å². The van der Waals surface area contributed by atoms with Crippen molar-refractivity contribution in [2.75, 3.05) is 18.4 Å². The van der Waals surface area contributed by atoms with E-state index in [1.807, 2.05) is 10.9 Å². The molecule has 1 saturated heterocycles. The summed E-state index contributed by atoms with van der Waals surface area (Å²) < 4.78 is 1.82. The number of likely N-dealkylation sites (tertiary alicyclic amines) is 1. The molecule has 6 heteroatoms. The molecule has 1 unspecified atom stereocenters. The highest BCUT2D eigenvalue weighted by Gasteiger charge is 2.24. The minimum atomic E-state index is -0.389. The summed E-state index contributed by atoms with van der Waals surface area (Å²) in [6.07, 6.45) is 3.73. The number of amides is 2. The van der Waals surface area contributed by atoms with Gasteiger partial charge in [0.05, 0.1) is 18.0 Å². The summed E-state index contributed by atoms with van der Waals surface area (Å²) in [7, 11) is 0. The van der Waals surface area contributed by atoms with Crippen molar-refractivity contribution < 1.29 is 9.90 Å². The van der Waals surface area contributed by atoms with Gasteiger partial charge >= 0.3 is 6.03 Å². The first kappa shape index (κ1) is 12.9. The van der Waals surface area contributed by atoms with E-state index in [1.165, 1.54) is 0 Å². The Bertz CT molecular complexity index is 416. The minimum absolute atomic E-state index is 0.171. The zero-order valence-corrected chi connectivity index (χ0v) is 10.8. The molecule has 0 aliphatic carbocycles.